The molecule has 2 unspecified atom stereocenters. The molecule has 7 rings (SSSR count). The summed E-state index contributed by atoms with van der Waals surface area (Å²) in [6.45, 7) is 8.52. The summed E-state index contributed by atoms with van der Waals surface area (Å²) in [4.78, 5) is 14.7. The molecule has 3 fully saturated rings. The number of nitriles is 1. The number of fused-ring (bicyclic) bond motifs is 4. The number of nitrogens with zero attached hydrogens (tertiary/aromatic N) is 7. The van der Waals surface area contributed by atoms with Crippen LogP contribution in [0.5, 0.6) is 0 Å². The van der Waals surface area contributed by atoms with E-state index in [-0.39, 0.29) is 29.0 Å². The van der Waals surface area contributed by atoms with Gasteiger partial charge < -0.3 is 15.2 Å². The zero-order valence-corrected chi connectivity index (χ0v) is 31.6. The first-order chi connectivity index (χ1) is 24.7. The van der Waals surface area contributed by atoms with Gasteiger partial charge in [-0.15, -0.1) is 11.3 Å². The van der Waals surface area contributed by atoms with Gasteiger partial charge in [0.05, 0.1) is 18.1 Å². The molecule has 0 amide bonds. The molecule has 0 aliphatic carbocycles. The number of alkyl halides is 3. The third-order valence-corrected chi connectivity index (χ3v) is 13.5. The van der Waals surface area contributed by atoms with Crippen molar-refractivity contribution in [2.24, 2.45) is 0 Å². The van der Waals surface area contributed by atoms with E-state index >= 15 is 0 Å². The zero-order chi connectivity index (χ0) is 36.9. The number of rotatable bonds is 11. The Morgan fingerprint density at radius 1 is 1.08 bits per heavy atom. The number of nitrogens with one attached hydrogen (secondary N) is 2. The number of halogens is 3. The highest BCUT2D eigenvalue weighted by Crippen LogP contribution is 2.37. The van der Waals surface area contributed by atoms with Gasteiger partial charge in [-0.2, -0.15) is 27.7 Å². The predicted octanol–water partition coefficient (Wildman–Crippen LogP) is 5.94. The van der Waals surface area contributed by atoms with Crippen molar-refractivity contribution in [1.82, 2.24) is 28.6 Å². The molecular weight excluding hydrogens is 712 g/mol. The number of thiophene rings is 1. The lowest BCUT2D eigenvalue weighted by molar-refractivity contribution is -0.126. The standard InChI is InChI=1S/C36H46F3N9O2S2/c1-5-25(48-26-7-8-27(48)20-46(19-26)52(4,49)50)21-47-28(17-40)14-30-22(2)23(6-9-32(30)47)18-45-12-10-24(11-13-45)42-33-31-15-29(16-36(37,38)39)51-34(31)44-35(41-3)43-33/h6,9,14-15,24-27H,5,7-8,10-13,16,18-21H2,1-4H3,(H2,41,42,43,44)/t25-,26?,27?/m0/s1. The molecule has 0 spiro atoms. The summed E-state index contributed by atoms with van der Waals surface area (Å²) in [6, 6.07) is 11.0. The molecule has 4 aromatic rings. The molecule has 2 N–H and O–H groups in total. The van der Waals surface area contributed by atoms with Crippen molar-refractivity contribution in [3.8, 4) is 6.07 Å². The predicted molar refractivity (Wildman–Crippen MR) is 199 cm³/mol. The molecule has 16 heteroatoms. The Bertz CT molecular complexity index is 2090. The van der Waals surface area contributed by atoms with Crippen molar-refractivity contribution in [3.05, 3.63) is 46.0 Å². The Balaban J connectivity index is 1.02. The van der Waals surface area contributed by atoms with Gasteiger partial charge in [0, 0.05) is 86.3 Å². The minimum atomic E-state index is -4.29. The van der Waals surface area contributed by atoms with E-state index in [9.17, 15) is 26.9 Å². The molecule has 3 aliphatic heterocycles. The summed E-state index contributed by atoms with van der Waals surface area (Å²) in [5, 5.41) is 18.4. The second-order valence-electron chi connectivity index (χ2n) is 14.6. The lowest BCUT2D eigenvalue weighted by atomic mass is 10.0. The van der Waals surface area contributed by atoms with Crippen LogP contribution in [0.15, 0.2) is 24.3 Å². The highest BCUT2D eigenvalue weighted by Gasteiger charge is 2.45. The summed E-state index contributed by atoms with van der Waals surface area (Å²) >= 11 is 1.05. The number of aryl methyl sites for hydroxylation is 1. The SMILES string of the molecule is CC[C@@H](Cn1c(C#N)cc2c(C)c(CN3CCC(Nc4nc(NC)nc5sc(CC(F)(F)F)cc45)CC3)ccc21)N1C2CCC1CN(S(C)(=O)=O)C2. The number of anilines is 2. The Kier molecular flexibility index (Phi) is 10.2. The molecule has 3 atom stereocenters. The molecule has 2 bridgehead atoms. The number of piperazine rings is 1. The molecule has 52 heavy (non-hydrogen) atoms. The largest absolute Gasteiger partial charge is 0.393 e. The van der Waals surface area contributed by atoms with Gasteiger partial charge in [-0.25, -0.2) is 13.4 Å². The van der Waals surface area contributed by atoms with E-state index < -0.39 is 22.6 Å². The van der Waals surface area contributed by atoms with E-state index in [1.807, 2.05) is 6.07 Å². The zero-order valence-electron chi connectivity index (χ0n) is 30.0. The maximum absolute atomic E-state index is 13.1. The second-order valence-corrected chi connectivity index (χ2v) is 17.7. The van der Waals surface area contributed by atoms with Crippen molar-refractivity contribution in [2.45, 2.75) is 95.8 Å². The maximum Gasteiger partial charge on any atom is 0.393 e. The van der Waals surface area contributed by atoms with Gasteiger partial charge in [-0.05, 0) is 68.4 Å². The number of sulfonamides is 1. The van der Waals surface area contributed by atoms with Crippen molar-refractivity contribution in [3.63, 3.8) is 0 Å². The summed E-state index contributed by atoms with van der Waals surface area (Å²) in [5.74, 6) is 0.933. The summed E-state index contributed by atoms with van der Waals surface area (Å²) in [5.41, 5.74) is 4.07. The molecule has 0 saturated carbocycles. The average Bonchev–Trinajstić information content (AvgIpc) is 3.74. The Labute approximate surface area is 306 Å². The first-order valence-electron chi connectivity index (χ1n) is 18.0. The van der Waals surface area contributed by atoms with Crippen LogP contribution in [0, 0.1) is 18.3 Å². The van der Waals surface area contributed by atoms with Crippen LogP contribution >= 0.6 is 11.3 Å². The summed E-state index contributed by atoms with van der Waals surface area (Å²) in [7, 11) is -1.53. The minimum absolute atomic E-state index is 0.122. The van der Waals surface area contributed by atoms with Crippen LogP contribution < -0.4 is 10.6 Å². The highest BCUT2D eigenvalue weighted by atomic mass is 32.2. The number of benzene rings is 1. The fourth-order valence-corrected chi connectivity index (χ4v) is 10.5. The molecule has 280 valence electrons. The van der Waals surface area contributed by atoms with Gasteiger partial charge in [-0.3, -0.25) is 9.80 Å². The normalized spacial score (nSPS) is 21.6. The Morgan fingerprint density at radius 2 is 1.79 bits per heavy atom. The van der Waals surface area contributed by atoms with Crippen LogP contribution in [0.1, 0.15) is 60.7 Å². The van der Waals surface area contributed by atoms with Crippen molar-refractivity contribution in [2.75, 3.05) is 50.1 Å². The van der Waals surface area contributed by atoms with Gasteiger partial charge in [0.1, 0.15) is 22.4 Å². The fraction of sp³-hybridized carbons (Fsp3) is 0.583. The molecule has 3 aromatic heterocycles. The third-order valence-electron chi connectivity index (χ3n) is 11.2. The average molecular weight is 758 g/mol. The Morgan fingerprint density at radius 3 is 2.40 bits per heavy atom. The van der Waals surface area contributed by atoms with Crippen LogP contribution in [0.25, 0.3) is 21.1 Å². The van der Waals surface area contributed by atoms with Crippen LogP contribution in [0.3, 0.4) is 0 Å². The van der Waals surface area contributed by atoms with Gasteiger partial charge in [-0.1, -0.05) is 13.0 Å². The topological polar surface area (TPSA) is 122 Å². The van der Waals surface area contributed by atoms with Gasteiger partial charge >= 0.3 is 6.18 Å². The molecule has 6 heterocycles. The number of hydrogen-bond donors (Lipinski definition) is 2. The van der Waals surface area contributed by atoms with Gasteiger partial charge in [0.25, 0.3) is 0 Å². The van der Waals surface area contributed by atoms with Crippen LogP contribution in [0.2, 0.25) is 0 Å². The Hall–Kier alpha value is -3.49. The van der Waals surface area contributed by atoms with E-state index in [0.717, 1.165) is 79.5 Å². The monoisotopic (exact) mass is 757 g/mol. The third kappa shape index (κ3) is 7.48. The molecule has 3 aliphatic rings. The number of hydrogen-bond acceptors (Lipinski definition) is 10. The van der Waals surface area contributed by atoms with E-state index in [2.05, 4.69) is 67.0 Å². The van der Waals surface area contributed by atoms with Crippen LogP contribution in [0.4, 0.5) is 24.9 Å². The van der Waals surface area contributed by atoms with Crippen LogP contribution in [-0.4, -0.2) is 107 Å². The summed E-state index contributed by atoms with van der Waals surface area (Å²) < 4.78 is 67.8. The lowest BCUT2D eigenvalue weighted by Gasteiger charge is -2.44. The summed E-state index contributed by atoms with van der Waals surface area (Å²) in [6.07, 6.45) is 0.623. The van der Waals surface area contributed by atoms with E-state index in [0.29, 0.717) is 47.3 Å². The number of likely N-dealkylation sites (tertiary alicyclic amines) is 1. The van der Waals surface area contributed by atoms with Crippen LogP contribution in [-0.2, 0) is 29.5 Å². The van der Waals surface area contributed by atoms with E-state index in [1.54, 1.807) is 17.4 Å². The van der Waals surface area contributed by atoms with Gasteiger partial charge in [0.15, 0.2) is 0 Å². The molecule has 0 radical (unpaired) electrons. The van der Waals surface area contributed by atoms with Gasteiger partial charge in [0.2, 0.25) is 16.0 Å². The van der Waals surface area contributed by atoms with Crippen molar-refractivity contribution >= 4 is 54.2 Å². The van der Waals surface area contributed by atoms with Crippen molar-refractivity contribution < 1.29 is 21.6 Å². The number of piperidine rings is 1. The molecular formula is C36H46F3N9O2S2. The lowest BCUT2D eigenvalue weighted by Crippen LogP contribution is -2.58. The number of aromatic nitrogens is 3. The molecule has 3 saturated heterocycles. The quantitative estimate of drug-likeness (QED) is 0.192. The minimum Gasteiger partial charge on any atom is -0.367 e. The maximum atomic E-state index is 13.1. The fourth-order valence-electron chi connectivity index (χ4n) is 8.54. The molecule has 11 nitrogen and oxygen atoms in total. The smallest absolute Gasteiger partial charge is 0.367 e. The van der Waals surface area contributed by atoms with Crippen molar-refractivity contribution in [1.29, 1.82) is 5.26 Å². The molecule has 1 aromatic carbocycles. The first kappa shape index (κ1) is 36.9. The van der Waals surface area contributed by atoms with E-state index in [4.69, 9.17) is 0 Å². The first-order valence-corrected chi connectivity index (χ1v) is 20.7. The van der Waals surface area contributed by atoms with E-state index in [1.165, 1.54) is 11.8 Å². The second kappa shape index (κ2) is 14.4. The highest BCUT2D eigenvalue weighted by molar-refractivity contribution is 7.88.